The average Bonchev–Trinajstić information content (AvgIpc) is 2.77. The molecule has 0 aliphatic carbocycles. The number of nitrogen functional groups attached to an aromatic ring is 3. The number of nitrogens with zero attached hydrogens (tertiary/aromatic N) is 3. The molecule has 100 valence electrons. The Morgan fingerprint density at radius 1 is 1.10 bits per heavy atom. The number of rotatable bonds is 2. The molecule has 0 spiro atoms. The molecule has 0 atom stereocenters. The van der Waals surface area contributed by atoms with Gasteiger partial charge in [0.15, 0.2) is 5.58 Å². The summed E-state index contributed by atoms with van der Waals surface area (Å²) in [6.45, 7) is 0. The molecule has 0 amide bonds. The molecule has 2 aromatic heterocycles. The third-order valence-electron chi connectivity index (χ3n) is 2.85. The lowest BCUT2D eigenvalue weighted by Gasteiger charge is -2.08. The fraction of sp³-hybridized carbons (Fsp3) is 0. The van der Waals surface area contributed by atoms with Crippen LogP contribution in [0, 0.1) is 5.41 Å². The molecule has 0 fully saturated rings. The summed E-state index contributed by atoms with van der Waals surface area (Å²) in [6.07, 6.45) is 1.25. The van der Waals surface area contributed by atoms with Gasteiger partial charge in [-0.3, -0.25) is 5.41 Å². The van der Waals surface area contributed by atoms with Crippen molar-refractivity contribution in [2.45, 2.75) is 0 Å². The zero-order valence-electron chi connectivity index (χ0n) is 10.3. The summed E-state index contributed by atoms with van der Waals surface area (Å²) in [5.74, 6) is 0.310. The minimum absolute atomic E-state index is 0.0748. The van der Waals surface area contributed by atoms with Crippen LogP contribution in [0.15, 0.2) is 28.9 Å². The van der Waals surface area contributed by atoms with Gasteiger partial charge in [0.1, 0.15) is 23.5 Å². The molecule has 7 N–H and O–H groups in total. The standard InChI is InChI=1S/C12H11N7O/c13-9(8-10(14)17-4-18-11(8)15)5-1-2-7-6(3-5)19-12(16)20-7/h1-4,13H,(H2,16,19)(H4,14,15,17,18). The topological polar surface area (TPSA) is 154 Å². The fourth-order valence-corrected chi connectivity index (χ4v) is 1.91. The van der Waals surface area contributed by atoms with Crippen molar-refractivity contribution in [1.82, 2.24) is 15.0 Å². The van der Waals surface area contributed by atoms with E-state index in [2.05, 4.69) is 15.0 Å². The minimum Gasteiger partial charge on any atom is -0.424 e. The second-order valence-corrected chi connectivity index (χ2v) is 4.13. The van der Waals surface area contributed by atoms with Crippen LogP contribution in [-0.2, 0) is 0 Å². The van der Waals surface area contributed by atoms with Gasteiger partial charge in [0, 0.05) is 5.56 Å². The van der Waals surface area contributed by atoms with Crippen LogP contribution in [0.1, 0.15) is 11.1 Å². The molecule has 0 aliphatic heterocycles. The number of aromatic nitrogens is 3. The van der Waals surface area contributed by atoms with Gasteiger partial charge in [-0.05, 0) is 18.2 Å². The molecule has 0 aliphatic rings. The van der Waals surface area contributed by atoms with Gasteiger partial charge in [-0.1, -0.05) is 0 Å². The van der Waals surface area contributed by atoms with Crippen LogP contribution < -0.4 is 17.2 Å². The first-order chi connectivity index (χ1) is 9.56. The maximum atomic E-state index is 8.20. The van der Waals surface area contributed by atoms with Crippen molar-refractivity contribution < 1.29 is 4.42 Å². The maximum Gasteiger partial charge on any atom is 0.292 e. The Morgan fingerprint density at radius 3 is 2.50 bits per heavy atom. The summed E-state index contributed by atoms with van der Waals surface area (Å²) < 4.78 is 5.18. The molecule has 1 aromatic carbocycles. The lowest BCUT2D eigenvalue weighted by atomic mass is 10.0. The van der Waals surface area contributed by atoms with Crippen LogP contribution in [0.4, 0.5) is 17.7 Å². The molecule has 0 bridgehead atoms. The fourth-order valence-electron chi connectivity index (χ4n) is 1.91. The van der Waals surface area contributed by atoms with Crippen molar-refractivity contribution in [3.63, 3.8) is 0 Å². The number of hydrogen-bond acceptors (Lipinski definition) is 8. The summed E-state index contributed by atoms with van der Waals surface area (Å²) in [5, 5.41) is 8.20. The largest absolute Gasteiger partial charge is 0.424 e. The maximum absolute atomic E-state index is 8.20. The average molecular weight is 269 g/mol. The Hall–Kier alpha value is -3.16. The van der Waals surface area contributed by atoms with E-state index in [4.69, 9.17) is 27.0 Å². The van der Waals surface area contributed by atoms with Crippen LogP contribution in [-0.4, -0.2) is 20.7 Å². The van der Waals surface area contributed by atoms with Crippen molar-refractivity contribution in [3.8, 4) is 0 Å². The minimum atomic E-state index is 0.0748. The van der Waals surface area contributed by atoms with E-state index >= 15 is 0 Å². The van der Waals surface area contributed by atoms with Crippen LogP contribution in [0.3, 0.4) is 0 Å². The van der Waals surface area contributed by atoms with E-state index in [1.54, 1.807) is 18.2 Å². The smallest absolute Gasteiger partial charge is 0.292 e. The molecule has 0 saturated heterocycles. The number of anilines is 3. The molecule has 3 aromatic rings. The molecular formula is C12H11N7O. The van der Waals surface area contributed by atoms with Crippen molar-refractivity contribution in [1.29, 1.82) is 5.41 Å². The molecular weight excluding hydrogens is 258 g/mol. The van der Waals surface area contributed by atoms with E-state index in [9.17, 15) is 0 Å². The summed E-state index contributed by atoms with van der Waals surface area (Å²) >= 11 is 0. The Bertz CT molecular complexity index is 804. The number of fused-ring (bicyclic) bond motifs is 1. The molecule has 8 nitrogen and oxygen atoms in total. The van der Waals surface area contributed by atoms with Gasteiger partial charge in [0.25, 0.3) is 6.01 Å². The first-order valence-electron chi connectivity index (χ1n) is 5.67. The summed E-state index contributed by atoms with van der Waals surface area (Å²) in [4.78, 5) is 11.7. The predicted octanol–water partition coefficient (Wildman–Crippen LogP) is 0.781. The SMILES string of the molecule is N=C(c1ccc2oc(N)nc2c1)c1c(N)ncnc1N. The van der Waals surface area contributed by atoms with Gasteiger partial charge in [0.05, 0.1) is 11.3 Å². The van der Waals surface area contributed by atoms with Gasteiger partial charge < -0.3 is 21.6 Å². The molecule has 20 heavy (non-hydrogen) atoms. The van der Waals surface area contributed by atoms with Gasteiger partial charge in [-0.25, -0.2) is 9.97 Å². The van der Waals surface area contributed by atoms with Crippen LogP contribution in [0.5, 0.6) is 0 Å². The molecule has 8 heteroatoms. The van der Waals surface area contributed by atoms with E-state index in [0.29, 0.717) is 22.2 Å². The van der Waals surface area contributed by atoms with Gasteiger partial charge in [-0.15, -0.1) is 0 Å². The van der Waals surface area contributed by atoms with Gasteiger partial charge in [-0.2, -0.15) is 4.98 Å². The highest BCUT2D eigenvalue weighted by Crippen LogP contribution is 2.23. The lowest BCUT2D eigenvalue weighted by molar-refractivity contribution is 0.626. The third-order valence-corrected chi connectivity index (χ3v) is 2.85. The van der Waals surface area contributed by atoms with Crippen LogP contribution in [0.25, 0.3) is 11.1 Å². The number of hydrogen-bond donors (Lipinski definition) is 4. The molecule has 2 heterocycles. The third kappa shape index (κ3) is 1.79. The Kier molecular flexibility index (Phi) is 2.50. The molecule has 3 rings (SSSR count). The van der Waals surface area contributed by atoms with E-state index < -0.39 is 0 Å². The van der Waals surface area contributed by atoms with E-state index in [-0.39, 0.29) is 23.4 Å². The summed E-state index contributed by atoms with van der Waals surface area (Å²) in [6, 6.07) is 5.12. The second-order valence-electron chi connectivity index (χ2n) is 4.13. The normalized spacial score (nSPS) is 10.8. The Balaban J connectivity index is 2.12. The predicted molar refractivity (Wildman–Crippen MR) is 75.2 cm³/mol. The zero-order chi connectivity index (χ0) is 14.3. The van der Waals surface area contributed by atoms with Crippen molar-refractivity contribution in [2.24, 2.45) is 0 Å². The van der Waals surface area contributed by atoms with E-state index in [0.717, 1.165) is 0 Å². The van der Waals surface area contributed by atoms with Gasteiger partial charge >= 0.3 is 0 Å². The lowest BCUT2D eigenvalue weighted by Crippen LogP contribution is -2.11. The molecule has 0 radical (unpaired) electrons. The van der Waals surface area contributed by atoms with Crippen LogP contribution >= 0.6 is 0 Å². The summed E-state index contributed by atoms with van der Waals surface area (Å²) in [5.41, 5.74) is 19.1. The zero-order valence-corrected chi connectivity index (χ0v) is 10.3. The van der Waals surface area contributed by atoms with Crippen LogP contribution in [0.2, 0.25) is 0 Å². The van der Waals surface area contributed by atoms with Crippen molar-refractivity contribution in [3.05, 3.63) is 35.7 Å². The quantitative estimate of drug-likeness (QED) is 0.501. The number of nitrogens with one attached hydrogen (secondary N) is 1. The highest BCUT2D eigenvalue weighted by molar-refractivity contribution is 6.16. The van der Waals surface area contributed by atoms with Gasteiger partial charge in [0.2, 0.25) is 0 Å². The van der Waals surface area contributed by atoms with Crippen molar-refractivity contribution >= 4 is 34.5 Å². The monoisotopic (exact) mass is 269 g/mol. The first-order valence-corrected chi connectivity index (χ1v) is 5.67. The number of benzene rings is 1. The van der Waals surface area contributed by atoms with E-state index in [1.807, 2.05) is 0 Å². The highest BCUT2D eigenvalue weighted by Gasteiger charge is 2.15. The Morgan fingerprint density at radius 2 is 1.80 bits per heavy atom. The van der Waals surface area contributed by atoms with E-state index in [1.165, 1.54) is 6.33 Å². The highest BCUT2D eigenvalue weighted by atomic mass is 16.4. The summed E-state index contributed by atoms with van der Waals surface area (Å²) in [7, 11) is 0. The number of nitrogens with two attached hydrogens (primary N) is 3. The molecule has 0 unspecified atom stereocenters. The number of oxazole rings is 1. The van der Waals surface area contributed by atoms with Crippen molar-refractivity contribution in [2.75, 3.05) is 17.2 Å². The molecule has 0 saturated carbocycles. The second kappa shape index (κ2) is 4.19. The first kappa shape index (κ1) is 11.9. The Labute approximate surface area is 113 Å².